The number of carboxylic acid groups (broad SMARTS) is 1. The highest BCUT2D eigenvalue weighted by atomic mass is 19.1. The fourth-order valence-corrected chi connectivity index (χ4v) is 2.45. The van der Waals surface area contributed by atoms with Gasteiger partial charge in [-0.2, -0.15) is 0 Å². The largest absolute Gasteiger partial charge is 0.477 e. The van der Waals surface area contributed by atoms with Gasteiger partial charge in [0.05, 0.1) is 5.52 Å². The molecule has 0 saturated heterocycles. The van der Waals surface area contributed by atoms with Gasteiger partial charge in [-0.25, -0.2) is 9.18 Å². The molecule has 98 valence electrons. The molecule has 1 aromatic carbocycles. The summed E-state index contributed by atoms with van der Waals surface area (Å²) in [6.45, 7) is 0. The lowest BCUT2D eigenvalue weighted by atomic mass is 9.79. The highest BCUT2D eigenvalue weighted by Gasteiger charge is 2.24. The lowest BCUT2D eigenvalue weighted by Crippen LogP contribution is -2.18. The minimum atomic E-state index is -1.31. The van der Waals surface area contributed by atoms with Crippen LogP contribution < -0.4 is 5.56 Å². The van der Waals surface area contributed by atoms with Crippen LogP contribution in [0.2, 0.25) is 0 Å². The first-order valence-corrected chi connectivity index (χ1v) is 6.16. The molecule has 0 atom stereocenters. The van der Waals surface area contributed by atoms with Gasteiger partial charge in [-0.1, -0.05) is 18.6 Å². The van der Waals surface area contributed by atoms with E-state index < -0.39 is 17.3 Å². The summed E-state index contributed by atoms with van der Waals surface area (Å²) in [4.78, 5) is 24.8. The molecule has 1 aliphatic rings. The molecular formula is C14H12FNO3. The Balaban J connectivity index is 2.23. The van der Waals surface area contributed by atoms with E-state index in [1.165, 1.54) is 6.07 Å². The number of carbonyl (C=O) groups is 1. The number of H-pyrrole nitrogens is 1. The summed E-state index contributed by atoms with van der Waals surface area (Å²) in [6.07, 6.45) is 3.01. The Morgan fingerprint density at radius 2 is 2.11 bits per heavy atom. The third kappa shape index (κ3) is 1.82. The molecule has 4 nitrogen and oxygen atoms in total. The van der Waals surface area contributed by atoms with E-state index in [4.69, 9.17) is 5.11 Å². The molecule has 1 aliphatic carbocycles. The Morgan fingerprint density at radius 3 is 2.68 bits per heavy atom. The van der Waals surface area contributed by atoms with Crippen molar-refractivity contribution in [2.24, 2.45) is 0 Å². The van der Waals surface area contributed by atoms with Gasteiger partial charge in [-0.15, -0.1) is 0 Å². The molecule has 0 spiro atoms. The van der Waals surface area contributed by atoms with Crippen molar-refractivity contribution in [2.75, 3.05) is 0 Å². The standard InChI is InChI=1S/C14H12FNO3/c15-11-9(7-2-1-3-7)5-4-8-6-10(14(18)19)13(17)16-12(8)11/h4-7H,1-3H2,(H,16,17)(H,18,19). The molecular weight excluding hydrogens is 249 g/mol. The molecule has 1 heterocycles. The number of hydrogen-bond acceptors (Lipinski definition) is 2. The Kier molecular flexibility index (Phi) is 2.62. The van der Waals surface area contributed by atoms with Crippen molar-refractivity contribution < 1.29 is 14.3 Å². The lowest BCUT2D eigenvalue weighted by Gasteiger charge is -2.26. The molecule has 0 bridgehead atoms. The molecule has 2 aromatic rings. The number of pyridine rings is 1. The molecule has 3 rings (SSSR count). The second kappa shape index (κ2) is 4.19. The van der Waals surface area contributed by atoms with Gasteiger partial charge in [0.25, 0.3) is 5.56 Å². The molecule has 0 unspecified atom stereocenters. The van der Waals surface area contributed by atoms with Crippen molar-refractivity contribution in [3.05, 3.63) is 45.5 Å². The first-order chi connectivity index (χ1) is 9.08. The average Bonchev–Trinajstić information content (AvgIpc) is 2.30. The third-order valence-corrected chi connectivity index (χ3v) is 3.76. The predicted molar refractivity (Wildman–Crippen MR) is 68.1 cm³/mol. The number of hydrogen-bond donors (Lipinski definition) is 2. The Morgan fingerprint density at radius 1 is 1.37 bits per heavy atom. The number of aromatic carboxylic acids is 1. The number of rotatable bonds is 2. The van der Waals surface area contributed by atoms with Crippen molar-refractivity contribution in [3.63, 3.8) is 0 Å². The first-order valence-electron chi connectivity index (χ1n) is 6.16. The normalized spacial score (nSPS) is 15.4. The Hall–Kier alpha value is -2.17. The van der Waals surface area contributed by atoms with Crippen molar-refractivity contribution in [2.45, 2.75) is 25.2 Å². The van der Waals surface area contributed by atoms with Crippen LogP contribution in [0.4, 0.5) is 4.39 Å². The van der Waals surface area contributed by atoms with Crippen LogP contribution in [0, 0.1) is 5.82 Å². The monoisotopic (exact) mass is 261 g/mol. The number of aromatic nitrogens is 1. The van der Waals surface area contributed by atoms with Crippen molar-refractivity contribution in [1.82, 2.24) is 4.98 Å². The van der Waals surface area contributed by atoms with Crippen molar-refractivity contribution in [3.8, 4) is 0 Å². The van der Waals surface area contributed by atoms with Crippen LogP contribution in [-0.2, 0) is 0 Å². The van der Waals surface area contributed by atoms with E-state index in [1.54, 1.807) is 12.1 Å². The van der Waals surface area contributed by atoms with E-state index in [1.807, 2.05) is 0 Å². The number of carboxylic acids is 1. The molecule has 5 heteroatoms. The number of nitrogens with one attached hydrogen (secondary N) is 1. The average molecular weight is 261 g/mol. The van der Waals surface area contributed by atoms with Gasteiger partial charge in [-0.3, -0.25) is 4.79 Å². The summed E-state index contributed by atoms with van der Waals surface area (Å²) in [5.74, 6) is -1.53. The molecule has 0 aliphatic heterocycles. The maximum atomic E-state index is 14.3. The zero-order valence-corrected chi connectivity index (χ0v) is 10.1. The molecule has 1 saturated carbocycles. The van der Waals surface area contributed by atoms with E-state index in [0.29, 0.717) is 10.9 Å². The van der Waals surface area contributed by atoms with Gasteiger partial charge in [0.1, 0.15) is 5.56 Å². The summed E-state index contributed by atoms with van der Waals surface area (Å²) >= 11 is 0. The third-order valence-electron chi connectivity index (χ3n) is 3.76. The minimum absolute atomic E-state index is 0.0967. The van der Waals surface area contributed by atoms with E-state index in [-0.39, 0.29) is 17.0 Å². The summed E-state index contributed by atoms with van der Waals surface area (Å²) < 4.78 is 14.3. The highest BCUT2D eigenvalue weighted by molar-refractivity contribution is 5.92. The van der Waals surface area contributed by atoms with Gasteiger partial charge in [0.2, 0.25) is 0 Å². The fourth-order valence-electron chi connectivity index (χ4n) is 2.45. The number of halogens is 1. The van der Waals surface area contributed by atoms with E-state index in [0.717, 1.165) is 19.3 Å². The lowest BCUT2D eigenvalue weighted by molar-refractivity contribution is 0.0695. The van der Waals surface area contributed by atoms with E-state index in [9.17, 15) is 14.0 Å². The maximum Gasteiger partial charge on any atom is 0.341 e. The summed E-state index contributed by atoms with van der Waals surface area (Å²) in [6, 6.07) is 4.56. The van der Waals surface area contributed by atoms with Crippen LogP contribution in [0.3, 0.4) is 0 Å². The smallest absolute Gasteiger partial charge is 0.341 e. The van der Waals surface area contributed by atoms with Gasteiger partial charge in [-0.05, 0) is 30.4 Å². The van der Waals surface area contributed by atoms with Crippen molar-refractivity contribution in [1.29, 1.82) is 0 Å². The quantitative estimate of drug-likeness (QED) is 0.873. The summed E-state index contributed by atoms with van der Waals surface area (Å²) in [5, 5.41) is 9.27. The maximum absolute atomic E-state index is 14.3. The number of fused-ring (bicyclic) bond motifs is 1. The highest BCUT2D eigenvalue weighted by Crippen LogP contribution is 2.38. The number of benzene rings is 1. The topological polar surface area (TPSA) is 70.2 Å². The molecule has 19 heavy (non-hydrogen) atoms. The Bertz CT molecular complexity index is 731. The van der Waals surface area contributed by atoms with Crippen LogP contribution in [-0.4, -0.2) is 16.1 Å². The fraction of sp³-hybridized carbons (Fsp3) is 0.286. The SMILES string of the molecule is O=C(O)c1cc2ccc(C3CCC3)c(F)c2[nH]c1=O. The van der Waals surface area contributed by atoms with Crippen LogP contribution >= 0.6 is 0 Å². The second-order valence-electron chi connectivity index (χ2n) is 4.88. The van der Waals surface area contributed by atoms with E-state index >= 15 is 0 Å². The van der Waals surface area contributed by atoms with Crippen LogP contribution in [0.1, 0.15) is 41.1 Å². The van der Waals surface area contributed by atoms with Crippen LogP contribution in [0.5, 0.6) is 0 Å². The predicted octanol–water partition coefficient (Wildman–Crippen LogP) is 2.63. The molecule has 0 amide bonds. The Labute approximate surface area is 107 Å². The zero-order chi connectivity index (χ0) is 13.6. The van der Waals surface area contributed by atoms with Gasteiger partial charge >= 0.3 is 5.97 Å². The zero-order valence-electron chi connectivity index (χ0n) is 10.1. The van der Waals surface area contributed by atoms with Gasteiger partial charge < -0.3 is 10.1 Å². The first kappa shape index (κ1) is 11.9. The second-order valence-corrected chi connectivity index (χ2v) is 4.88. The van der Waals surface area contributed by atoms with E-state index in [2.05, 4.69) is 4.98 Å². The summed E-state index contributed by atoms with van der Waals surface area (Å²) in [7, 11) is 0. The minimum Gasteiger partial charge on any atom is -0.477 e. The van der Waals surface area contributed by atoms with Gasteiger partial charge in [0.15, 0.2) is 5.82 Å². The molecule has 0 radical (unpaired) electrons. The van der Waals surface area contributed by atoms with Crippen molar-refractivity contribution >= 4 is 16.9 Å². The summed E-state index contributed by atoms with van der Waals surface area (Å²) in [5.41, 5.74) is -0.440. The molecule has 2 N–H and O–H groups in total. The number of aromatic amines is 1. The molecule has 1 fully saturated rings. The van der Waals surface area contributed by atoms with Crippen LogP contribution in [0.15, 0.2) is 23.0 Å². The molecule has 1 aromatic heterocycles. The van der Waals surface area contributed by atoms with Crippen LogP contribution in [0.25, 0.3) is 10.9 Å². The van der Waals surface area contributed by atoms with Gasteiger partial charge in [0, 0.05) is 5.39 Å².